The molecule has 0 aliphatic carbocycles. The fraction of sp³-hybridized carbons (Fsp3) is 0.600. The second-order valence-corrected chi connectivity index (χ2v) is 7.34. The third kappa shape index (κ3) is 4.48. The minimum Gasteiger partial charge on any atom is -0.488 e. The summed E-state index contributed by atoms with van der Waals surface area (Å²) in [5.41, 5.74) is 1.25. The quantitative estimate of drug-likeness (QED) is 0.622. The minimum absolute atomic E-state index is 0.0526. The Bertz CT molecular complexity index is 634. The van der Waals surface area contributed by atoms with E-state index in [0.717, 1.165) is 44.2 Å². The number of ether oxygens (including phenoxy) is 1. The lowest BCUT2D eigenvalue weighted by Gasteiger charge is -2.20. The van der Waals surface area contributed by atoms with Crippen LogP contribution in [0.25, 0.3) is 0 Å². The molecule has 6 heteroatoms. The highest BCUT2D eigenvalue weighted by molar-refractivity contribution is 5.81. The van der Waals surface area contributed by atoms with Crippen LogP contribution in [0.5, 0.6) is 5.75 Å². The molecule has 2 aliphatic rings. The topological polar surface area (TPSA) is 66.0 Å². The number of amides is 1. The van der Waals surface area contributed by atoms with Crippen molar-refractivity contribution in [3.05, 3.63) is 29.8 Å². The number of nitrogens with zero attached hydrogens (tertiary/aromatic N) is 2. The van der Waals surface area contributed by atoms with Crippen LogP contribution in [0.1, 0.15) is 32.8 Å². The second kappa shape index (κ2) is 8.43. The molecular weight excluding hydrogens is 328 g/mol. The monoisotopic (exact) mass is 358 g/mol. The summed E-state index contributed by atoms with van der Waals surface area (Å²) in [6.07, 6.45) is 1.94. The maximum Gasteiger partial charge on any atom is 0.225 e. The first-order chi connectivity index (χ1) is 12.6. The molecule has 1 amide bonds. The number of likely N-dealkylation sites (tertiary alicyclic amines) is 1. The molecule has 0 bridgehead atoms. The van der Waals surface area contributed by atoms with Gasteiger partial charge in [-0.25, -0.2) is 4.99 Å². The maximum atomic E-state index is 12.1. The van der Waals surface area contributed by atoms with E-state index >= 15 is 0 Å². The first-order valence-electron chi connectivity index (χ1n) is 9.65. The van der Waals surface area contributed by atoms with E-state index in [4.69, 9.17) is 9.73 Å². The molecular formula is C20H30N4O2. The van der Waals surface area contributed by atoms with Crippen molar-refractivity contribution in [3.8, 4) is 5.75 Å². The van der Waals surface area contributed by atoms with Crippen LogP contribution in [0.3, 0.4) is 0 Å². The first-order valence-corrected chi connectivity index (χ1v) is 9.65. The van der Waals surface area contributed by atoms with Crippen LogP contribution in [0.2, 0.25) is 0 Å². The number of aliphatic imine (C=N–C) groups is 1. The summed E-state index contributed by atoms with van der Waals surface area (Å²) in [5.74, 6) is 2.06. The van der Waals surface area contributed by atoms with Crippen molar-refractivity contribution in [3.63, 3.8) is 0 Å². The largest absolute Gasteiger partial charge is 0.488 e. The molecule has 26 heavy (non-hydrogen) atoms. The normalized spacial score (nSPS) is 22.3. The Morgan fingerprint density at radius 2 is 2.19 bits per heavy atom. The van der Waals surface area contributed by atoms with Gasteiger partial charge in [0, 0.05) is 38.0 Å². The number of nitrogens with one attached hydrogen (secondary N) is 2. The summed E-state index contributed by atoms with van der Waals surface area (Å²) < 4.78 is 5.96. The van der Waals surface area contributed by atoms with E-state index < -0.39 is 0 Å². The number of hydrogen-bond donors (Lipinski definition) is 2. The Kier molecular flexibility index (Phi) is 6.01. The van der Waals surface area contributed by atoms with Crippen molar-refractivity contribution in [2.45, 2.75) is 45.8 Å². The molecule has 0 saturated carbocycles. The van der Waals surface area contributed by atoms with Gasteiger partial charge >= 0.3 is 0 Å². The molecule has 142 valence electrons. The van der Waals surface area contributed by atoms with Crippen LogP contribution in [0, 0.1) is 5.92 Å². The highest BCUT2D eigenvalue weighted by Gasteiger charge is 2.28. The van der Waals surface area contributed by atoms with Crippen molar-refractivity contribution in [1.82, 2.24) is 15.5 Å². The lowest BCUT2D eigenvalue weighted by Crippen LogP contribution is -2.45. The van der Waals surface area contributed by atoms with Gasteiger partial charge in [-0.1, -0.05) is 32.0 Å². The van der Waals surface area contributed by atoms with Crippen LogP contribution >= 0.6 is 0 Å². The summed E-state index contributed by atoms with van der Waals surface area (Å²) in [4.78, 5) is 18.8. The Morgan fingerprint density at radius 1 is 1.38 bits per heavy atom. The zero-order valence-electron chi connectivity index (χ0n) is 16.0. The summed E-state index contributed by atoms with van der Waals surface area (Å²) in [6, 6.07) is 8.42. The van der Waals surface area contributed by atoms with Gasteiger partial charge in [-0.2, -0.15) is 0 Å². The number of carbonyl (C=O) groups excluding carboxylic acids is 1. The van der Waals surface area contributed by atoms with Gasteiger partial charge in [0.15, 0.2) is 5.96 Å². The van der Waals surface area contributed by atoms with E-state index in [9.17, 15) is 4.79 Å². The fourth-order valence-corrected chi connectivity index (χ4v) is 3.51. The molecule has 3 rings (SSSR count). The molecule has 0 spiro atoms. The number of rotatable bonds is 5. The van der Waals surface area contributed by atoms with Gasteiger partial charge in [0.1, 0.15) is 11.9 Å². The summed E-state index contributed by atoms with van der Waals surface area (Å²) in [5, 5.41) is 6.78. The standard InChI is InChI=1S/C20H30N4O2/c1-4-21-20(23-16-9-10-24(13-16)19(25)14(2)3)22-12-17-11-15-7-5-6-8-18(15)26-17/h5-8,14,16-17H,4,9-13H2,1-3H3,(H2,21,22,23). The number of fused-ring (bicyclic) bond motifs is 1. The Morgan fingerprint density at radius 3 is 2.92 bits per heavy atom. The van der Waals surface area contributed by atoms with Crippen LogP contribution in [0.4, 0.5) is 0 Å². The summed E-state index contributed by atoms with van der Waals surface area (Å²) in [7, 11) is 0. The maximum absolute atomic E-state index is 12.1. The second-order valence-electron chi connectivity index (χ2n) is 7.34. The van der Waals surface area contributed by atoms with Gasteiger partial charge in [0.05, 0.1) is 6.54 Å². The molecule has 2 aliphatic heterocycles. The first kappa shape index (κ1) is 18.5. The molecule has 0 aromatic heterocycles. The van der Waals surface area contributed by atoms with E-state index in [1.165, 1.54) is 5.56 Å². The molecule has 6 nitrogen and oxygen atoms in total. The third-order valence-electron chi connectivity index (χ3n) is 4.85. The number of carbonyl (C=O) groups is 1. The molecule has 0 radical (unpaired) electrons. The molecule has 2 unspecified atom stereocenters. The van der Waals surface area contributed by atoms with Gasteiger partial charge in [0.2, 0.25) is 5.91 Å². The predicted octanol–water partition coefficient (Wildman–Crippen LogP) is 1.80. The van der Waals surface area contributed by atoms with Gasteiger partial charge in [0.25, 0.3) is 0 Å². The average Bonchev–Trinajstić information content (AvgIpc) is 3.25. The van der Waals surface area contributed by atoms with Crippen LogP contribution in [-0.4, -0.2) is 55.1 Å². The number of benzene rings is 1. The van der Waals surface area contributed by atoms with Crippen molar-refractivity contribution < 1.29 is 9.53 Å². The summed E-state index contributed by atoms with van der Waals surface area (Å²) in [6.45, 7) is 8.94. The lowest BCUT2D eigenvalue weighted by atomic mass is 10.1. The summed E-state index contributed by atoms with van der Waals surface area (Å²) >= 11 is 0. The highest BCUT2D eigenvalue weighted by Crippen LogP contribution is 2.28. The highest BCUT2D eigenvalue weighted by atomic mass is 16.5. The van der Waals surface area contributed by atoms with Crippen LogP contribution < -0.4 is 15.4 Å². The number of hydrogen-bond acceptors (Lipinski definition) is 3. The van der Waals surface area contributed by atoms with Crippen molar-refractivity contribution in [2.75, 3.05) is 26.2 Å². The number of para-hydroxylation sites is 1. The van der Waals surface area contributed by atoms with E-state index in [-0.39, 0.29) is 24.0 Å². The van der Waals surface area contributed by atoms with Gasteiger partial charge < -0.3 is 20.3 Å². The SMILES string of the molecule is CCNC(=NCC1Cc2ccccc2O1)NC1CCN(C(=O)C(C)C)C1. The molecule has 1 saturated heterocycles. The smallest absolute Gasteiger partial charge is 0.225 e. The van der Waals surface area contributed by atoms with Crippen molar-refractivity contribution >= 4 is 11.9 Å². The van der Waals surface area contributed by atoms with Crippen molar-refractivity contribution in [2.24, 2.45) is 10.9 Å². The average molecular weight is 358 g/mol. The van der Waals surface area contributed by atoms with E-state index in [1.807, 2.05) is 36.9 Å². The van der Waals surface area contributed by atoms with E-state index in [1.54, 1.807) is 0 Å². The van der Waals surface area contributed by atoms with Crippen LogP contribution in [0.15, 0.2) is 29.3 Å². The lowest BCUT2D eigenvalue weighted by molar-refractivity contribution is -0.133. The Labute approximate surface area is 156 Å². The minimum atomic E-state index is 0.0526. The molecule has 1 fully saturated rings. The van der Waals surface area contributed by atoms with Gasteiger partial charge in [-0.05, 0) is 25.0 Å². The van der Waals surface area contributed by atoms with Crippen molar-refractivity contribution in [1.29, 1.82) is 0 Å². The Balaban J connectivity index is 1.53. The molecule has 2 atom stereocenters. The van der Waals surface area contributed by atoms with Crippen LogP contribution in [-0.2, 0) is 11.2 Å². The van der Waals surface area contributed by atoms with Gasteiger partial charge in [-0.15, -0.1) is 0 Å². The zero-order valence-corrected chi connectivity index (χ0v) is 16.0. The molecule has 2 N–H and O–H groups in total. The predicted molar refractivity (Wildman–Crippen MR) is 103 cm³/mol. The van der Waals surface area contributed by atoms with E-state index in [2.05, 4.69) is 23.6 Å². The number of guanidine groups is 1. The molecule has 2 heterocycles. The fourth-order valence-electron chi connectivity index (χ4n) is 3.51. The third-order valence-corrected chi connectivity index (χ3v) is 4.85. The zero-order chi connectivity index (χ0) is 18.5. The van der Waals surface area contributed by atoms with E-state index in [0.29, 0.717) is 6.54 Å². The Hall–Kier alpha value is -2.24. The molecule has 1 aromatic rings. The molecule has 1 aromatic carbocycles. The van der Waals surface area contributed by atoms with Gasteiger partial charge in [-0.3, -0.25) is 4.79 Å².